The number of aromatic nitrogens is 2. The maximum Gasteiger partial charge on any atom is 0.199 e. The van der Waals surface area contributed by atoms with E-state index in [1.807, 2.05) is 42.5 Å². The summed E-state index contributed by atoms with van der Waals surface area (Å²) in [6, 6.07) is 17.6. The molecule has 32 heavy (non-hydrogen) atoms. The van der Waals surface area contributed by atoms with Crippen molar-refractivity contribution in [1.82, 2.24) is 14.9 Å². The van der Waals surface area contributed by atoms with Crippen molar-refractivity contribution in [1.29, 1.82) is 0 Å². The number of hydrogen-bond donors (Lipinski definition) is 3. The second kappa shape index (κ2) is 8.36. The monoisotopic (exact) mass is 426 g/mol. The van der Waals surface area contributed by atoms with Crippen LogP contribution in [0.15, 0.2) is 72.0 Å². The molecule has 2 aromatic carbocycles. The molecular formula is C25H26N6O. The summed E-state index contributed by atoms with van der Waals surface area (Å²) >= 11 is 0. The molecule has 0 bridgehead atoms. The van der Waals surface area contributed by atoms with E-state index >= 15 is 0 Å². The first-order valence-corrected chi connectivity index (χ1v) is 10.7. The van der Waals surface area contributed by atoms with Crippen LogP contribution in [0.25, 0.3) is 10.9 Å². The van der Waals surface area contributed by atoms with Gasteiger partial charge in [0.1, 0.15) is 0 Å². The van der Waals surface area contributed by atoms with Crippen LogP contribution in [0.5, 0.6) is 5.88 Å². The molecule has 0 unspecified atom stereocenters. The van der Waals surface area contributed by atoms with E-state index in [-0.39, 0.29) is 5.88 Å². The van der Waals surface area contributed by atoms with Gasteiger partial charge in [-0.3, -0.25) is 4.98 Å². The summed E-state index contributed by atoms with van der Waals surface area (Å²) in [5.74, 6) is 0.0576. The number of H-pyrrole nitrogens is 1. The minimum atomic E-state index is 0.0576. The van der Waals surface area contributed by atoms with Gasteiger partial charge in [-0.05, 0) is 61.6 Å². The lowest BCUT2D eigenvalue weighted by atomic mass is 10.0. The number of pyridine rings is 1. The van der Waals surface area contributed by atoms with E-state index in [4.69, 9.17) is 10.7 Å². The highest BCUT2D eigenvalue weighted by Gasteiger charge is 2.19. The average Bonchev–Trinajstić information content (AvgIpc) is 3.13. The molecule has 0 spiro atoms. The fraction of sp³-hybridized carbons (Fsp3) is 0.200. The number of nitrogen functional groups attached to an aromatic ring is 1. The molecule has 7 nitrogen and oxygen atoms in total. The molecule has 162 valence electrons. The number of nitrogens with two attached hydrogens (primary N) is 1. The van der Waals surface area contributed by atoms with Gasteiger partial charge in [-0.25, -0.2) is 4.99 Å². The SMILES string of the molecule is CN1CCN(c2ccc(N=C(c3cccnc3)c3c(O)[nH]c4cc(N)ccc34)cc2)CC1. The molecule has 2 aromatic heterocycles. The zero-order chi connectivity index (χ0) is 22.1. The van der Waals surface area contributed by atoms with Crippen LogP contribution < -0.4 is 10.6 Å². The highest BCUT2D eigenvalue weighted by atomic mass is 16.3. The van der Waals surface area contributed by atoms with E-state index in [1.165, 1.54) is 5.69 Å². The highest BCUT2D eigenvalue weighted by molar-refractivity contribution is 6.21. The molecule has 4 N–H and O–H groups in total. The van der Waals surface area contributed by atoms with Crippen LogP contribution in [0, 0.1) is 0 Å². The fourth-order valence-corrected chi connectivity index (χ4v) is 4.14. The van der Waals surface area contributed by atoms with Gasteiger partial charge in [0.2, 0.25) is 0 Å². The number of likely N-dealkylation sites (N-methyl/N-ethyl adjacent to an activating group) is 1. The van der Waals surface area contributed by atoms with Crippen LogP contribution in [0.3, 0.4) is 0 Å². The first-order chi connectivity index (χ1) is 15.6. The van der Waals surface area contributed by atoms with Gasteiger partial charge in [-0.2, -0.15) is 0 Å². The lowest BCUT2D eigenvalue weighted by Crippen LogP contribution is -2.44. The first kappa shape index (κ1) is 20.1. The highest BCUT2D eigenvalue weighted by Crippen LogP contribution is 2.32. The summed E-state index contributed by atoms with van der Waals surface area (Å²) in [5, 5.41) is 11.6. The van der Waals surface area contributed by atoms with E-state index < -0.39 is 0 Å². The van der Waals surface area contributed by atoms with Gasteiger partial charge < -0.3 is 25.6 Å². The Morgan fingerprint density at radius 3 is 2.56 bits per heavy atom. The largest absolute Gasteiger partial charge is 0.494 e. The van der Waals surface area contributed by atoms with Gasteiger partial charge in [0, 0.05) is 60.9 Å². The van der Waals surface area contributed by atoms with Crippen LogP contribution in [-0.2, 0) is 0 Å². The van der Waals surface area contributed by atoms with E-state index in [0.29, 0.717) is 17.0 Å². The second-order valence-electron chi connectivity index (χ2n) is 8.16. The second-order valence-corrected chi connectivity index (χ2v) is 8.16. The third-order valence-corrected chi connectivity index (χ3v) is 5.93. The topological polar surface area (TPSA) is 93.8 Å². The van der Waals surface area contributed by atoms with Crippen LogP contribution in [0.2, 0.25) is 0 Å². The summed E-state index contributed by atoms with van der Waals surface area (Å²) in [7, 11) is 2.16. The maximum absolute atomic E-state index is 10.8. The predicted molar refractivity (Wildman–Crippen MR) is 130 cm³/mol. The number of benzene rings is 2. The fourth-order valence-electron chi connectivity index (χ4n) is 4.14. The minimum absolute atomic E-state index is 0.0576. The molecular weight excluding hydrogens is 400 g/mol. The lowest BCUT2D eigenvalue weighted by Gasteiger charge is -2.34. The third kappa shape index (κ3) is 3.90. The average molecular weight is 427 g/mol. The molecule has 0 aliphatic carbocycles. The summed E-state index contributed by atoms with van der Waals surface area (Å²) in [4.78, 5) is 17.0. The van der Waals surface area contributed by atoms with Crippen molar-refractivity contribution >= 4 is 33.7 Å². The van der Waals surface area contributed by atoms with Crippen molar-refractivity contribution in [2.45, 2.75) is 0 Å². The first-order valence-electron chi connectivity index (χ1n) is 10.7. The van der Waals surface area contributed by atoms with Gasteiger partial charge >= 0.3 is 0 Å². The Morgan fingerprint density at radius 2 is 1.84 bits per heavy atom. The Kier molecular flexibility index (Phi) is 5.25. The van der Waals surface area contributed by atoms with E-state index in [0.717, 1.165) is 48.3 Å². The standard InChI is InChI=1S/C25H26N6O/c1-30-11-13-31(14-12-30)20-7-5-19(6-8-20)28-24(17-3-2-10-27-16-17)23-21-9-4-18(26)15-22(21)29-25(23)32/h2-10,15-16,29,32H,11-14,26H2,1H3. The van der Waals surface area contributed by atoms with Crippen molar-refractivity contribution in [3.8, 4) is 5.88 Å². The van der Waals surface area contributed by atoms with Crippen LogP contribution in [0.1, 0.15) is 11.1 Å². The van der Waals surface area contributed by atoms with Crippen LogP contribution in [-0.4, -0.2) is 58.9 Å². The van der Waals surface area contributed by atoms with Gasteiger partial charge in [0.05, 0.1) is 22.5 Å². The number of aromatic hydroxyl groups is 1. The Hall–Kier alpha value is -3.84. The lowest BCUT2D eigenvalue weighted by molar-refractivity contribution is 0.313. The zero-order valence-corrected chi connectivity index (χ0v) is 18.0. The molecule has 1 saturated heterocycles. The molecule has 0 radical (unpaired) electrons. The number of fused-ring (bicyclic) bond motifs is 1. The molecule has 5 rings (SSSR count). The Bertz CT molecular complexity index is 1260. The van der Waals surface area contributed by atoms with Gasteiger partial charge in [0.15, 0.2) is 5.88 Å². The molecule has 0 saturated carbocycles. The Morgan fingerprint density at radius 1 is 1.06 bits per heavy atom. The van der Waals surface area contributed by atoms with Crippen molar-refractivity contribution in [3.05, 3.63) is 78.1 Å². The summed E-state index contributed by atoms with van der Waals surface area (Å²) in [6.45, 7) is 4.17. The molecule has 0 amide bonds. The number of rotatable bonds is 4. The van der Waals surface area contributed by atoms with E-state index in [1.54, 1.807) is 12.4 Å². The summed E-state index contributed by atoms with van der Waals surface area (Å²) in [5.41, 5.74) is 11.4. The molecule has 0 atom stereocenters. The molecule has 4 aromatic rings. The molecule has 7 heteroatoms. The van der Waals surface area contributed by atoms with Crippen molar-refractivity contribution in [2.24, 2.45) is 4.99 Å². The number of piperazine rings is 1. The zero-order valence-electron chi connectivity index (χ0n) is 18.0. The predicted octanol–water partition coefficient (Wildman–Crippen LogP) is 3.77. The third-order valence-electron chi connectivity index (χ3n) is 5.93. The quantitative estimate of drug-likeness (QED) is 0.341. The van der Waals surface area contributed by atoms with Crippen molar-refractivity contribution in [2.75, 3.05) is 43.9 Å². The number of nitrogens with one attached hydrogen (secondary N) is 1. The van der Waals surface area contributed by atoms with Crippen LogP contribution >= 0.6 is 0 Å². The smallest absolute Gasteiger partial charge is 0.199 e. The van der Waals surface area contributed by atoms with Gasteiger partial charge in [-0.1, -0.05) is 0 Å². The van der Waals surface area contributed by atoms with Crippen molar-refractivity contribution in [3.63, 3.8) is 0 Å². The van der Waals surface area contributed by atoms with Gasteiger partial charge in [0.25, 0.3) is 0 Å². The number of aromatic amines is 1. The maximum atomic E-state index is 10.8. The molecule has 1 aliphatic rings. The Labute approximate surface area is 186 Å². The van der Waals surface area contributed by atoms with E-state index in [9.17, 15) is 5.11 Å². The Balaban J connectivity index is 1.56. The van der Waals surface area contributed by atoms with Crippen LogP contribution in [0.4, 0.5) is 17.1 Å². The van der Waals surface area contributed by atoms with Gasteiger partial charge in [-0.15, -0.1) is 0 Å². The van der Waals surface area contributed by atoms with E-state index in [2.05, 4.69) is 38.9 Å². The normalized spacial score (nSPS) is 15.4. The summed E-state index contributed by atoms with van der Waals surface area (Å²) in [6.07, 6.45) is 3.48. The molecule has 3 heterocycles. The number of hydrogen-bond acceptors (Lipinski definition) is 6. The number of nitrogens with zero attached hydrogens (tertiary/aromatic N) is 4. The molecule has 1 aliphatic heterocycles. The number of anilines is 2. The number of aliphatic imine (C=N–C) groups is 1. The van der Waals surface area contributed by atoms with Crippen molar-refractivity contribution < 1.29 is 5.11 Å². The molecule has 1 fully saturated rings. The minimum Gasteiger partial charge on any atom is -0.494 e. The summed E-state index contributed by atoms with van der Waals surface area (Å²) < 4.78 is 0.